The molecule has 0 N–H and O–H groups in total. The Balaban J connectivity index is 1.86. The third-order valence-corrected chi connectivity index (χ3v) is 3.92. The summed E-state index contributed by atoms with van der Waals surface area (Å²) in [6, 6.07) is 6.00. The molecule has 0 spiro atoms. The third kappa shape index (κ3) is 5.39. The second-order valence-electron chi connectivity index (χ2n) is 6.13. The lowest BCUT2D eigenvalue weighted by molar-refractivity contribution is -0.384. The maximum atomic E-state index is 12.2. The van der Waals surface area contributed by atoms with Gasteiger partial charge in [-0.15, -0.1) is 0 Å². The number of non-ortho nitro benzene ring substituents is 1. The monoisotopic (exact) mass is 346 g/mol. The standard InChI is InChI=1S/C17H22N4O4/c1-18(2)13-17(23)20-11-9-19(10-12-20)16(22)8-5-14-3-6-15(7-4-14)21(24)25/h3-8H,9-13H2,1-2H3/b8-5-. The minimum atomic E-state index is -0.463. The molecular formula is C17H22N4O4. The second kappa shape index (κ2) is 8.39. The number of piperazine rings is 1. The van der Waals surface area contributed by atoms with Gasteiger partial charge in [0.15, 0.2) is 0 Å². The summed E-state index contributed by atoms with van der Waals surface area (Å²) in [7, 11) is 3.70. The Morgan fingerprint density at radius 2 is 1.68 bits per heavy atom. The number of hydrogen-bond acceptors (Lipinski definition) is 5. The first-order valence-corrected chi connectivity index (χ1v) is 8.01. The van der Waals surface area contributed by atoms with Gasteiger partial charge in [0.05, 0.1) is 11.5 Å². The zero-order valence-corrected chi connectivity index (χ0v) is 14.4. The maximum Gasteiger partial charge on any atom is 0.269 e. The lowest BCUT2D eigenvalue weighted by atomic mass is 10.2. The van der Waals surface area contributed by atoms with Crippen LogP contribution >= 0.6 is 0 Å². The fourth-order valence-corrected chi connectivity index (χ4v) is 2.53. The first kappa shape index (κ1) is 18.6. The van der Waals surface area contributed by atoms with Crippen LogP contribution in [-0.2, 0) is 9.59 Å². The summed E-state index contributed by atoms with van der Waals surface area (Å²) in [5.41, 5.74) is 0.737. The summed E-state index contributed by atoms with van der Waals surface area (Å²) >= 11 is 0. The van der Waals surface area contributed by atoms with Crippen LogP contribution in [0.15, 0.2) is 30.3 Å². The molecule has 1 aromatic carbocycles. The molecule has 1 aliphatic heterocycles. The molecular weight excluding hydrogens is 324 g/mol. The number of nitro benzene ring substituents is 1. The zero-order chi connectivity index (χ0) is 18.4. The molecule has 8 nitrogen and oxygen atoms in total. The summed E-state index contributed by atoms with van der Waals surface area (Å²) in [5.74, 6) is -0.0587. The van der Waals surface area contributed by atoms with Crippen molar-refractivity contribution in [1.82, 2.24) is 14.7 Å². The van der Waals surface area contributed by atoms with Crippen molar-refractivity contribution in [3.63, 3.8) is 0 Å². The van der Waals surface area contributed by atoms with Crippen LogP contribution in [0.2, 0.25) is 0 Å². The molecule has 1 saturated heterocycles. The van der Waals surface area contributed by atoms with Gasteiger partial charge >= 0.3 is 0 Å². The highest BCUT2D eigenvalue weighted by atomic mass is 16.6. The third-order valence-electron chi connectivity index (χ3n) is 3.92. The fourth-order valence-electron chi connectivity index (χ4n) is 2.53. The van der Waals surface area contributed by atoms with E-state index < -0.39 is 4.92 Å². The Morgan fingerprint density at radius 3 is 2.20 bits per heavy atom. The SMILES string of the molecule is CN(C)CC(=O)N1CCN(C(=O)/C=C\c2ccc([N+](=O)[O-])cc2)CC1. The van der Waals surface area contributed by atoms with Crippen LogP contribution in [0, 0.1) is 10.1 Å². The number of nitro groups is 1. The number of likely N-dealkylation sites (N-methyl/N-ethyl adjacent to an activating group) is 1. The summed E-state index contributed by atoms with van der Waals surface area (Å²) in [6.45, 7) is 2.44. The van der Waals surface area contributed by atoms with Crippen molar-refractivity contribution in [1.29, 1.82) is 0 Å². The largest absolute Gasteiger partial charge is 0.338 e. The van der Waals surface area contributed by atoms with Crippen molar-refractivity contribution in [3.05, 3.63) is 46.0 Å². The van der Waals surface area contributed by atoms with E-state index in [1.165, 1.54) is 18.2 Å². The molecule has 0 bridgehead atoms. The molecule has 0 radical (unpaired) electrons. The summed E-state index contributed by atoms with van der Waals surface area (Å²) in [6.07, 6.45) is 3.09. The molecule has 0 atom stereocenters. The van der Waals surface area contributed by atoms with Gasteiger partial charge in [0, 0.05) is 44.4 Å². The minimum absolute atomic E-state index is 0.0157. The van der Waals surface area contributed by atoms with Gasteiger partial charge in [-0.3, -0.25) is 19.7 Å². The van der Waals surface area contributed by atoms with E-state index in [9.17, 15) is 19.7 Å². The molecule has 1 aromatic rings. The summed E-state index contributed by atoms with van der Waals surface area (Å²) in [5, 5.41) is 10.6. The molecule has 0 saturated carbocycles. The number of carbonyl (C=O) groups is 2. The Labute approximate surface area is 146 Å². The van der Waals surface area contributed by atoms with Gasteiger partial charge in [-0.25, -0.2) is 0 Å². The Kier molecular flexibility index (Phi) is 6.24. The van der Waals surface area contributed by atoms with E-state index in [1.807, 2.05) is 19.0 Å². The van der Waals surface area contributed by atoms with Gasteiger partial charge < -0.3 is 14.7 Å². The average molecular weight is 346 g/mol. The molecule has 0 aromatic heterocycles. The van der Waals surface area contributed by atoms with Crippen LogP contribution < -0.4 is 0 Å². The zero-order valence-electron chi connectivity index (χ0n) is 14.4. The van der Waals surface area contributed by atoms with Gasteiger partial charge in [-0.1, -0.05) is 0 Å². The molecule has 8 heteroatoms. The molecule has 0 unspecified atom stereocenters. The van der Waals surface area contributed by atoms with Crippen LogP contribution in [0.25, 0.3) is 6.08 Å². The van der Waals surface area contributed by atoms with Crippen LogP contribution in [-0.4, -0.2) is 78.3 Å². The van der Waals surface area contributed by atoms with E-state index in [2.05, 4.69) is 0 Å². The number of rotatable bonds is 5. The lowest BCUT2D eigenvalue weighted by Crippen LogP contribution is -2.51. The van der Waals surface area contributed by atoms with Crippen LogP contribution in [0.5, 0.6) is 0 Å². The van der Waals surface area contributed by atoms with Gasteiger partial charge in [0.2, 0.25) is 11.8 Å². The van der Waals surface area contributed by atoms with E-state index >= 15 is 0 Å². The van der Waals surface area contributed by atoms with Gasteiger partial charge in [-0.05, 0) is 37.9 Å². The van der Waals surface area contributed by atoms with E-state index in [0.717, 1.165) is 5.56 Å². The predicted octanol–water partition coefficient (Wildman–Crippen LogP) is 0.840. The Bertz CT molecular complexity index is 662. The minimum Gasteiger partial charge on any atom is -0.338 e. The van der Waals surface area contributed by atoms with Crippen molar-refractivity contribution in [2.45, 2.75) is 0 Å². The van der Waals surface area contributed by atoms with Gasteiger partial charge in [-0.2, -0.15) is 0 Å². The van der Waals surface area contributed by atoms with Crippen molar-refractivity contribution < 1.29 is 14.5 Å². The van der Waals surface area contributed by atoms with E-state index in [0.29, 0.717) is 32.7 Å². The first-order chi connectivity index (χ1) is 11.9. The normalized spacial score (nSPS) is 15.0. The molecule has 2 amide bonds. The van der Waals surface area contributed by atoms with Crippen LogP contribution in [0.1, 0.15) is 5.56 Å². The first-order valence-electron chi connectivity index (χ1n) is 8.01. The molecule has 0 aliphatic carbocycles. The molecule has 134 valence electrons. The van der Waals surface area contributed by atoms with Crippen molar-refractivity contribution in [2.75, 3.05) is 46.8 Å². The Morgan fingerprint density at radius 1 is 1.12 bits per heavy atom. The number of hydrogen-bond donors (Lipinski definition) is 0. The van der Waals surface area contributed by atoms with Crippen molar-refractivity contribution >= 4 is 23.6 Å². The van der Waals surface area contributed by atoms with Crippen LogP contribution in [0.3, 0.4) is 0 Å². The van der Waals surface area contributed by atoms with E-state index in [-0.39, 0.29) is 17.5 Å². The highest BCUT2D eigenvalue weighted by molar-refractivity contribution is 5.92. The highest BCUT2D eigenvalue weighted by Crippen LogP contribution is 2.13. The summed E-state index contributed by atoms with van der Waals surface area (Å²) < 4.78 is 0. The predicted molar refractivity (Wildman–Crippen MR) is 93.8 cm³/mol. The van der Waals surface area contributed by atoms with Crippen molar-refractivity contribution in [2.24, 2.45) is 0 Å². The fraction of sp³-hybridized carbons (Fsp3) is 0.412. The maximum absolute atomic E-state index is 12.2. The van der Waals surface area contributed by atoms with Crippen LogP contribution in [0.4, 0.5) is 5.69 Å². The second-order valence-corrected chi connectivity index (χ2v) is 6.13. The topological polar surface area (TPSA) is 87.0 Å². The van der Waals surface area contributed by atoms with Gasteiger partial charge in [0.25, 0.3) is 5.69 Å². The lowest BCUT2D eigenvalue weighted by Gasteiger charge is -2.34. The number of amides is 2. The quantitative estimate of drug-likeness (QED) is 0.448. The molecule has 1 aliphatic rings. The smallest absolute Gasteiger partial charge is 0.269 e. The van der Waals surface area contributed by atoms with Gasteiger partial charge in [0.1, 0.15) is 0 Å². The summed E-state index contributed by atoms with van der Waals surface area (Å²) in [4.78, 5) is 39.7. The van der Waals surface area contributed by atoms with E-state index in [1.54, 1.807) is 28.0 Å². The Hall–Kier alpha value is -2.74. The number of carbonyl (C=O) groups excluding carboxylic acids is 2. The number of benzene rings is 1. The molecule has 25 heavy (non-hydrogen) atoms. The molecule has 1 heterocycles. The molecule has 1 fully saturated rings. The average Bonchev–Trinajstić information content (AvgIpc) is 2.59. The number of nitrogens with zero attached hydrogens (tertiary/aromatic N) is 4. The highest BCUT2D eigenvalue weighted by Gasteiger charge is 2.23. The van der Waals surface area contributed by atoms with E-state index in [4.69, 9.17) is 0 Å². The molecule has 2 rings (SSSR count). The van der Waals surface area contributed by atoms with Crippen molar-refractivity contribution in [3.8, 4) is 0 Å².